The van der Waals surface area contributed by atoms with Crippen LogP contribution in [-0.2, 0) is 0 Å². The quantitative estimate of drug-likeness (QED) is 0.588. The third-order valence-electron chi connectivity index (χ3n) is 2.24. The van der Waals surface area contributed by atoms with E-state index >= 15 is 0 Å². The molecular formula is C9H22N2O. The van der Waals surface area contributed by atoms with Crippen molar-refractivity contribution in [3.05, 3.63) is 0 Å². The SMILES string of the molecule is CCN(CCO)[C@@H](C)CCCN. The summed E-state index contributed by atoms with van der Waals surface area (Å²) in [5.74, 6) is 0. The minimum atomic E-state index is 0.251. The fraction of sp³-hybridized carbons (Fsp3) is 1.00. The molecule has 0 bridgehead atoms. The lowest BCUT2D eigenvalue weighted by Gasteiger charge is -2.26. The summed E-state index contributed by atoms with van der Waals surface area (Å²) in [5.41, 5.74) is 5.42. The van der Waals surface area contributed by atoms with Crippen molar-refractivity contribution in [2.75, 3.05) is 26.2 Å². The van der Waals surface area contributed by atoms with Gasteiger partial charge in [-0.3, -0.25) is 4.90 Å². The second kappa shape index (κ2) is 7.53. The summed E-state index contributed by atoms with van der Waals surface area (Å²) in [5, 5.41) is 8.78. The monoisotopic (exact) mass is 174 g/mol. The average Bonchev–Trinajstić information content (AvgIpc) is 2.10. The van der Waals surface area contributed by atoms with Gasteiger partial charge in [-0.2, -0.15) is 0 Å². The molecule has 1 atom stereocenters. The number of likely N-dealkylation sites (N-methyl/N-ethyl adjacent to an activating group) is 1. The van der Waals surface area contributed by atoms with Crippen molar-refractivity contribution in [3.63, 3.8) is 0 Å². The molecule has 0 aliphatic carbocycles. The summed E-state index contributed by atoms with van der Waals surface area (Å²) in [6.45, 7) is 7.11. The minimum Gasteiger partial charge on any atom is -0.395 e. The van der Waals surface area contributed by atoms with Crippen LogP contribution in [0.5, 0.6) is 0 Å². The first kappa shape index (κ1) is 11.9. The molecule has 0 fully saturated rings. The normalized spacial score (nSPS) is 13.8. The molecule has 0 saturated heterocycles. The molecule has 3 heteroatoms. The summed E-state index contributed by atoms with van der Waals surface area (Å²) in [6, 6.07) is 0.547. The molecule has 0 aromatic carbocycles. The van der Waals surface area contributed by atoms with Crippen LogP contribution in [0.25, 0.3) is 0 Å². The van der Waals surface area contributed by atoms with Crippen LogP contribution in [0.4, 0.5) is 0 Å². The predicted octanol–water partition coefficient (Wildman–Crippen LogP) is 0.428. The minimum absolute atomic E-state index is 0.251. The standard InChI is InChI=1S/C9H22N2O/c1-3-11(7-8-12)9(2)5-4-6-10/h9,12H,3-8,10H2,1-2H3/t9-/m0/s1. The number of rotatable bonds is 7. The van der Waals surface area contributed by atoms with Gasteiger partial charge in [0.1, 0.15) is 0 Å². The van der Waals surface area contributed by atoms with E-state index < -0.39 is 0 Å². The molecule has 0 spiro atoms. The lowest BCUT2D eigenvalue weighted by Crippen LogP contribution is -2.35. The molecule has 3 N–H and O–H groups in total. The first-order chi connectivity index (χ1) is 5.76. The van der Waals surface area contributed by atoms with Gasteiger partial charge >= 0.3 is 0 Å². The number of nitrogens with zero attached hydrogens (tertiary/aromatic N) is 1. The average molecular weight is 174 g/mol. The third kappa shape index (κ3) is 4.70. The van der Waals surface area contributed by atoms with Crippen molar-refractivity contribution in [1.29, 1.82) is 0 Å². The van der Waals surface area contributed by atoms with Crippen LogP contribution in [0.1, 0.15) is 26.7 Å². The highest BCUT2D eigenvalue weighted by molar-refractivity contribution is 4.65. The molecule has 0 unspecified atom stereocenters. The fourth-order valence-electron chi connectivity index (χ4n) is 1.41. The smallest absolute Gasteiger partial charge is 0.0558 e. The highest BCUT2D eigenvalue weighted by Crippen LogP contribution is 2.04. The van der Waals surface area contributed by atoms with Crippen LogP contribution < -0.4 is 5.73 Å². The van der Waals surface area contributed by atoms with Crippen LogP contribution in [-0.4, -0.2) is 42.3 Å². The van der Waals surface area contributed by atoms with Crippen molar-refractivity contribution in [2.45, 2.75) is 32.7 Å². The Kier molecular flexibility index (Phi) is 7.45. The molecule has 0 saturated carbocycles. The second-order valence-electron chi connectivity index (χ2n) is 3.13. The summed E-state index contributed by atoms with van der Waals surface area (Å²) < 4.78 is 0. The highest BCUT2D eigenvalue weighted by Gasteiger charge is 2.09. The Morgan fingerprint density at radius 3 is 2.58 bits per heavy atom. The summed E-state index contributed by atoms with van der Waals surface area (Å²) >= 11 is 0. The van der Waals surface area contributed by atoms with Gasteiger partial charge in [-0.1, -0.05) is 6.92 Å². The lowest BCUT2D eigenvalue weighted by molar-refractivity contribution is 0.158. The molecule has 12 heavy (non-hydrogen) atoms. The number of aliphatic hydroxyl groups excluding tert-OH is 1. The maximum atomic E-state index is 8.78. The maximum Gasteiger partial charge on any atom is 0.0558 e. The van der Waals surface area contributed by atoms with Gasteiger partial charge in [0.05, 0.1) is 6.61 Å². The largest absolute Gasteiger partial charge is 0.395 e. The molecule has 0 heterocycles. The summed E-state index contributed by atoms with van der Waals surface area (Å²) in [4.78, 5) is 2.27. The van der Waals surface area contributed by atoms with Crippen molar-refractivity contribution in [2.24, 2.45) is 5.73 Å². The number of hydrogen-bond acceptors (Lipinski definition) is 3. The van der Waals surface area contributed by atoms with Crippen molar-refractivity contribution in [1.82, 2.24) is 4.90 Å². The Balaban J connectivity index is 3.60. The van der Waals surface area contributed by atoms with Crippen LogP contribution in [0.15, 0.2) is 0 Å². The molecule has 3 nitrogen and oxygen atoms in total. The van der Waals surface area contributed by atoms with Crippen LogP contribution in [0.3, 0.4) is 0 Å². The molecule has 0 rings (SSSR count). The number of nitrogens with two attached hydrogens (primary N) is 1. The van der Waals surface area contributed by atoms with Gasteiger partial charge in [0, 0.05) is 12.6 Å². The third-order valence-corrected chi connectivity index (χ3v) is 2.24. The Labute approximate surface area is 75.6 Å². The van der Waals surface area contributed by atoms with Crippen LogP contribution >= 0.6 is 0 Å². The predicted molar refractivity (Wildman–Crippen MR) is 52.1 cm³/mol. The first-order valence-electron chi connectivity index (χ1n) is 4.81. The van der Waals surface area contributed by atoms with E-state index in [1.54, 1.807) is 0 Å². The van der Waals surface area contributed by atoms with E-state index in [-0.39, 0.29) is 6.61 Å². The molecule has 0 aliphatic heterocycles. The Morgan fingerprint density at radius 2 is 2.17 bits per heavy atom. The summed E-state index contributed by atoms with van der Waals surface area (Å²) in [7, 11) is 0. The molecule has 0 radical (unpaired) electrons. The van der Waals surface area contributed by atoms with Crippen molar-refractivity contribution >= 4 is 0 Å². The van der Waals surface area contributed by atoms with Crippen LogP contribution in [0, 0.1) is 0 Å². The molecule has 74 valence electrons. The van der Waals surface area contributed by atoms with E-state index in [9.17, 15) is 0 Å². The maximum absolute atomic E-state index is 8.78. The molecule has 0 aromatic heterocycles. The van der Waals surface area contributed by atoms with Gasteiger partial charge in [-0.15, -0.1) is 0 Å². The summed E-state index contributed by atoms with van der Waals surface area (Å²) in [6.07, 6.45) is 2.20. The van der Waals surface area contributed by atoms with Gasteiger partial charge in [-0.25, -0.2) is 0 Å². The fourth-order valence-corrected chi connectivity index (χ4v) is 1.41. The lowest BCUT2D eigenvalue weighted by atomic mass is 10.1. The van der Waals surface area contributed by atoms with Gasteiger partial charge in [0.15, 0.2) is 0 Å². The van der Waals surface area contributed by atoms with Gasteiger partial charge < -0.3 is 10.8 Å². The topological polar surface area (TPSA) is 49.5 Å². The van der Waals surface area contributed by atoms with Gasteiger partial charge in [0.2, 0.25) is 0 Å². The van der Waals surface area contributed by atoms with Crippen LogP contribution in [0.2, 0.25) is 0 Å². The molecule has 0 aliphatic rings. The molecular weight excluding hydrogens is 152 g/mol. The zero-order valence-corrected chi connectivity index (χ0v) is 8.29. The van der Waals surface area contributed by atoms with E-state index in [0.29, 0.717) is 6.04 Å². The second-order valence-corrected chi connectivity index (χ2v) is 3.13. The molecule has 0 amide bonds. The zero-order valence-electron chi connectivity index (χ0n) is 8.29. The number of aliphatic hydroxyl groups is 1. The zero-order chi connectivity index (χ0) is 9.40. The van der Waals surface area contributed by atoms with Crippen molar-refractivity contribution < 1.29 is 5.11 Å². The first-order valence-corrected chi connectivity index (χ1v) is 4.81. The Hall–Kier alpha value is -0.120. The van der Waals surface area contributed by atoms with E-state index in [4.69, 9.17) is 10.8 Å². The van der Waals surface area contributed by atoms with Crippen molar-refractivity contribution in [3.8, 4) is 0 Å². The highest BCUT2D eigenvalue weighted by atomic mass is 16.3. The Bertz CT molecular complexity index is 98.5. The van der Waals surface area contributed by atoms with E-state index in [0.717, 1.165) is 32.5 Å². The van der Waals surface area contributed by atoms with E-state index in [1.165, 1.54) is 0 Å². The van der Waals surface area contributed by atoms with E-state index in [2.05, 4.69) is 18.7 Å². The van der Waals surface area contributed by atoms with Gasteiger partial charge in [0.25, 0.3) is 0 Å². The molecule has 0 aromatic rings. The Morgan fingerprint density at radius 1 is 1.50 bits per heavy atom. The van der Waals surface area contributed by atoms with E-state index in [1.807, 2.05) is 0 Å². The number of hydrogen-bond donors (Lipinski definition) is 2. The van der Waals surface area contributed by atoms with Gasteiger partial charge in [-0.05, 0) is 32.9 Å².